The van der Waals surface area contributed by atoms with E-state index >= 15 is 0 Å². The van der Waals surface area contributed by atoms with Gasteiger partial charge in [0.2, 0.25) is 0 Å². The maximum absolute atomic E-state index is 9.02. The van der Waals surface area contributed by atoms with Crippen LogP contribution in [0, 0.1) is 5.92 Å². The van der Waals surface area contributed by atoms with Crippen LogP contribution in [-0.2, 0) is 0 Å². The lowest BCUT2D eigenvalue weighted by molar-refractivity contribution is 0.215. The first kappa shape index (κ1) is 13.3. The number of nitrogens with one attached hydrogen (secondary N) is 1. The van der Waals surface area contributed by atoms with Crippen LogP contribution in [0.15, 0.2) is 4.99 Å². The van der Waals surface area contributed by atoms with Crippen LogP contribution in [-0.4, -0.2) is 29.8 Å². The van der Waals surface area contributed by atoms with Crippen molar-refractivity contribution in [1.82, 2.24) is 5.32 Å². The zero-order valence-corrected chi connectivity index (χ0v) is 10.4. The summed E-state index contributed by atoms with van der Waals surface area (Å²) in [4.78, 5) is 4.49. The molecule has 0 aliphatic heterocycles. The standard InChI is InChI=1S/C12H25N3O/c1-9(8-16)10(2)14-12(13)15-11-6-4-3-5-7-11/h9-11,16H,3-8H2,1-2H3,(H3,13,14,15). The van der Waals surface area contributed by atoms with Crippen LogP contribution >= 0.6 is 0 Å². The van der Waals surface area contributed by atoms with Crippen LogP contribution in [0.4, 0.5) is 0 Å². The molecule has 0 aromatic carbocycles. The first-order valence-corrected chi connectivity index (χ1v) is 6.34. The van der Waals surface area contributed by atoms with Crippen molar-refractivity contribution < 1.29 is 5.11 Å². The Morgan fingerprint density at radius 1 is 1.38 bits per heavy atom. The molecule has 0 amide bonds. The van der Waals surface area contributed by atoms with E-state index in [4.69, 9.17) is 10.8 Å². The Balaban J connectivity index is 2.37. The minimum absolute atomic E-state index is 0.164. The number of aliphatic hydroxyl groups excluding tert-OH is 1. The number of rotatable bonds is 4. The van der Waals surface area contributed by atoms with E-state index in [1.807, 2.05) is 13.8 Å². The quantitative estimate of drug-likeness (QED) is 0.500. The first-order chi connectivity index (χ1) is 7.63. The number of nitrogens with two attached hydrogens (primary N) is 1. The summed E-state index contributed by atoms with van der Waals surface area (Å²) in [5, 5.41) is 12.2. The van der Waals surface area contributed by atoms with Crippen LogP contribution in [0.1, 0.15) is 46.0 Å². The summed E-state index contributed by atoms with van der Waals surface area (Å²) in [5.74, 6) is 0.722. The minimum Gasteiger partial charge on any atom is -0.396 e. The molecule has 0 aromatic heterocycles. The smallest absolute Gasteiger partial charge is 0.189 e. The maximum Gasteiger partial charge on any atom is 0.189 e. The molecule has 0 radical (unpaired) electrons. The summed E-state index contributed by atoms with van der Waals surface area (Å²) in [7, 11) is 0. The topological polar surface area (TPSA) is 70.6 Å². The lowest BCUT2D eigenvalue weighted by Crippen LogP contribution is -2.43. The molecule has 1 aliphatic rings. The normalized spacial score (nSPS) is 22.8. The largest absolute Gasteiger partial charge is 0.396 e. The molecule has 4 nitrogen and oxygen atoms in total. The second-order valence-electron chi connectivity index (χ2n) is 4.90. The Kier molecular flexibility index (Phi) is 5.60. The maximum atomic E-state index is 9.02. The third-order valence-corrected chi connectivity index (χ3v) is 3.41. The fourth-order valence-corrected chi connectivity index (χ4v) is 1.98. The van der Waals surface area contributed by atoms with Crippen molar-refractivity contribution in [3.63, 3.8) is 0 Å². The second kappa shape index (κ2) is 6.74. The van der Waals surface area contributed by atoms with Crippen LogP contribution in [0.3, 0.4) is 0 Å². The highest BCUT2D eigenvalue weighted by Crippen LogP contribution is 2.19. The SMILES string of the molecule is CC(CO)C(C)NC(N)=NC1CCCCC1. The number of hydrogen-bond acceptors (Lipinski definition) is 2. The zero-order valence-electron chi connectivity index (χ0n) is 10.4. The van der Waals surface area contributed by atoms with Crippen LogP contribution < -0.4 is 11.1 Å². The number of aliphatic imine (C=N–C) groups is 1. The van der Waals surface area contributed by atoms with Crippen molar-refractivity contribution in [2.24, 2.45) is 16.6 Å². The van der Waals surface area contributed by atoms with Crippen molar-refractivity contribution in [3.05, 3.63) is 0 Å². The molecule has 0 aromatic rings. The molecule has 1 aliphatic carbocycles. The van der Waals surface area contributed by atoms with Gasteiger partial charge in [-0.15, -0.1) is 0 Å². The average molecular weight is 227 g/mol. The Morgan fingerprint density at radius 3 is 2.56 bits per heavy atom. The molecule has 0 bridgehead atoms. The Bertz CT molecular complexity index is 224. The lowest BCUT2D eigenvalue weighted by Gasteiger charge is -2.22. The molecular weight excluding hydrogens is 202 g/mol. The van der Waals surface area contributed by atoms with E-state index < -0.39 is 0 Å². The minimum atomic E-state index is 0.164. The molecule has 1 saturated carbocycles. The Morgan fingerprint density at radius 2 is 2.00 bits per heavy atom. The number of nitrogens with zero attached hydrogens (tertiary/aromatic N) is 1. The predicted octanol–water partition coefficient (Wildman–Crippen LogP) is 1.24. The Labute approximate surface area is 98.3 Å². The third-order valence-electron chi connectivity index (χ3n) is 3.41. The molecule has 1 rings (SSSR count). The molecule has 0 saturated heterocycles. The van der Waals surface area contributed by atoms with Gasteiger partial charge in [-0.2, -0.15) is 0 Å². The van der Waals surface area contributed by atoms with E-state index in [9.17, 15) is 0 Å². The summed E-state index contributed by atoms with van der Waals surface area (Å²) in [6.07, 6.45) is 6.18. The van der Waals surface area contributed by atoms with Gasteiger partial charge in [0.05, 0.1) is 6.04 Å². The van der Waals surface area contributed by atoms with Crippen LogP contribution in [0.5, 0.6) is 0 Å². The molecule has 4 heteroatoms. The molecule has 2 unspecified atom stereocenters. The van der Waals surface area contributed by atoms with Gasteiger partial charge >= 0.3 is 0 Å². The van der Waals surface area contributed by atoms with Crippen molar-refractivity contribution in [2.75, 3.05) is 6.61 Å². The summed E-state index contributed by atoms with van der Waals surface area (Å²) in [6.45, 7) is 4.18. The number of guanidine groups is 1. The van der Waals surface area contributed by atoms with Gasteiger partial charge in [-0.25, -0.2) is 0 Å². The van der Waals surface area contributed by atoms with E-state index in [0.29, 0.717) is 12.0 Å². The molecular formula is C12H25N3O. The van der Waals surface area contributed by atoms with E-state index in [2.05, 4.69) is 10.3 Å². The Hall–Kier alpha value is -0.770. The van der Waals surface area contributed by atoms with Crippen molar-refractivity contribution in [1.29, 1.82) is 0 Å². The third kappa shape index (κ3) is 4.39. The van der Waals surface area contributed by atoms with Gasteiger partial charge in [-0.3, -0.25) is 4.99 Å². The van der Waals surface area contributed by atoms with E-state index in [1.165, 1.54) is 19.3 Å². The molecule has 0 heterocycles. The average Bonchev–Trinajstić information content (AvgIpc) is 2.29. The van der Waals surface area contributed by atoms with Gasteiger partial charge in [0.1, 0.15) is 0 Å². The van der Waals surface area contributed by atoms with Gasteiger partial charge in [0, 0.05) is 12.6 Å². The lowest BCUT2D eigenvalue weighted by atomic mass is 9.96. The second-order valence-corrected chi connectivity index (χ2v) is 4.90. The van der Waals surface area contributed by atoms with Gasteiger partial charge in [0.25, 0.3) is 0 Å². The molecule has 0 spiro atoms. The highest BCUT2D eigenvalue weighted by Gasteiger charge is 2.14. The molecule has 4 N–H and O–H groups in total. The number of aliphatic hydroxyl groups is 1. The van der Waals surface area contributed by atoms with Crippen molar-refractivity contribution in [3.8, 4) is 0 Å². The van der Waals surface area contributed by atoms with Gasteiger partial charge in [0.15, 0.2) is 5.96 Å². The fourth-order valence-electron chi connectivity index (χ4n) is 1.98. The monoisotopic (exact) mass is 227 g/mol. The molecule has 2 atom stereocenters. The number of hydrogen-bond donors (Lipinski definition) is 3. The fraction of sp³-hybridized carbons (Fsp3) is 0.917. The van der Waals surface area contributed by atoms with E-state index in [-0.39, 0.29) is 18.6 Å². The molecule has 16 heavy (non-hydrogen) atoms. The summed E-state index contributed by atoms with van der Waals surface area (Å²) in [6, 6.07) is 0.565. The van der Waals surface area contributed by atoms with Crippen molar-refractivity contribution in [2.45, 2.75) is 58.0 Å². The summed E-state index contributed by atoms with van der Waals surface area (Å²) >= 11 is 0. The highest BCUT2D eigenvalue weighted by atomic mass is 16.3. The van der Waals surface area contributed by atoms with Gasteiger partial charge in [-0.05, 0) is 25.7 Å². The molecule has 1 fully saturated rings. The first-order valence-electron chi connectivity index (χ1n) is 6.34. The van der Waals surface area contributed by atoms with Gasteiger partial charge < -0.3 is 16.2 Å². The molecule has 94 valence electrons. The summed E-state index contributed by atoms with van der Waals surface area (Å²) < 4.78 is 0. The highest BCUT2D eigenvalue weighted by molar-refractivity contribution is 5.78. The zero-order chi connectivity index (χ0) is 12.0. The van der Waals surface area contributed by atoms with Crippen LogP contribution in [0.2, 0.25) is 0 Å². The van der Waals surface area contributed by atoms with E-state index in [0.717, 1.165) is 12.8 Å². The van der Waals surface area contributed by atoms with E-state index in [1.54, 1.807) is 0 Å². The van der Waals surface area contributed by atoms with Crippen LogP contribution in [0.25, 0.3) is 0 Å². The summed E-state index contributed by atoms with van der Waals surface area (Å²) in [5.41, 5.74) is 5.86. The van der Waals surface area contributed by atoms with Gasteiger partial charge in [-0.1, -0.05) is 26.2 Å². The predicted molar refractivity (Wildman–Crippen MR) is 67.3 cm³/mol. The van der Waals surface area contributed by atoms with Crippen molar-refractivity contribution >= 4 is 5.96 Å².